The predicted molar refractivity (Wildman–Crippen MR) is 237 cm³/mol. The second kappa shape index (κ2) is 12.8. The molecular formula is C53H31N3O2. The van der Waals surface area contributed by atoms with Crippen LogP contribution >= 0.6 is 0 Å². The molecule has 3 aromatic heterocycles. The standard InChI is InChI=1S/C53H31N3O2/c1-2-11-32(12-3-1)34-21-24-35(25-22-34)51-54-52(39-26-23-33-13-4-5-14-36(33)29-39)56-53(55-51)50-41(27-28-46-49(50)42-17-8-9-19-44(42)57-46)40-18-10-20-45-48(40)43-30-37-15-6-7-16-38(37)31-47(43)58-45/h1-31H. The van der Waals surface area contributed by atoms with Crippen LogP contribution in [0.4, 0.5) is 0 Å². The molecule has 12 rings (SSSR count). The number of fused-ring (bicyclic) bond motifs is 8. The van der Waals surface area contributed by atoms with E-state index in [-0.39, 0.29) is 0 Å². The summed E-state index contributed by atoms with van der Waals surface area (Å²) < 4.78 is 13.1. The fraction of sp³-hybridized carbons (Fsp3) is 0. The van der Waals surface area contributed by atoms with Crippen LogP contribution in [0.15, 0.2) is 197 Å². The van der Waals surface area contributed by atoms with E-state index in [0.717, 1.165) is 104 Å². The molecule has 9 aromatic carbocycles. The molecule has 0 amide bonds. The van der Waals surface area contributed by atoms with E-state index in [0.29, 0.717) is 17.5 Å². The summed E-state index contributed by atoms with van der Waals surface area (Å²) in [5.41, 5.74) is 10.2. The van der Waals surface area contributed by atoms with E-state index in [9.17, 15) is 0 Å². The van der Waals surface area contributed by atoms with Crippen LogP contribution < -0.4 is 0 Å². The summed E-state index contributed by atoms with van der Waals surface area (Å²) in [7, 11) is 0. The van der Waals surface area contributed by atoms with Crippen molar-refractivity contribution in [2.75, 3.05) is 0 Å². The van der Waals surface area contributed by atoms with Crippen molar-refractivity contribution < 1.29 is 8.83 Å². The summed E-state index contributed by atoms with van der Waals surface area (Å²) in [5.74, 6) is 1.73. The van der Waals surface area contributed by atoms with Crippen LogP contribution in [-0.4, -0.2) is 15.0 Å². The molecule has 0 aliphatic heterocycles. The second-order valence-electron chi connectivity index (χ2n) is 14.7. The normalized spacial score (nSPS) is 11.8. The molecule has 0 bridgehead atoms. The Balaban J connectivity index is 1.16. The van der Waals surface area contributed by atoms with Crippen LogP contribution in [0, 0.1) is 0 Å². The fourth-order valence-corrected chi connectivity index (χ4v) is 8.53. The molecular weight excluding hydrogens is 711 g/mol. The SMILES string of the molecule is c1ccc(-c2ccc(-c3nc(-c4ccc5ccccc5c4)nc(-c4c(-c5cccc6oc7cc8ccccc8cc7c56)ccc5oc6ccccc6c45)n3)cc2)cc1. The van der Waals surface area contributed by atoms with E-state index in [1.165, 1.54) is 0 Å². The topological polar surface area (TPSA) is 65.0 Å². The third kappa shape index (κ3) is 5.21. The summed E-state index contributed by atoms with van der Waals surface area (Å²) >= 11 is 0. The van der Waals surface area contributed by atoms with Crippen LogP contribution in [0.2, 0.25) is 0 Å². The number of hydrogen-bond donors (Lipinski definition) is 0. The lowest BCUT2D eigenvalue weighted by Gasteiger charge is -2.14. The number of benzene rings is 9. The monoisotopic (exact) mass is 741 g/mol. The molecule has 0 atom stereocenters. The maximum Gasteiger partial charge on any atom is 0.165 e. The van der Waals surface area contributed by atoms with Crippen LogP contribution in [0.5, 0.6) is 0 Å². The number of aromatic nitrogens is 3. The van der Waals surface area contributed by atoms with Gasteiger partial charge in [-0.2, -0.15) is 0 Å². The Bertz CT molecular complexity index is 3570. The van der Waals surface area contributed by atoms with Gasteiger partial charge in [0, 0.05) is 38.2 Å². The number of hydrogen-bond acceptors (Lipinski definition) is 5. The minimum absolute atomic E-state index is 0.558. The molecule has 58 heavy (non-hydrogen) atoms. The van der Waals surface area contributed by atoms with Gasteiger partial charge < -0.3 is 8.83 Å². The van der Waals surface area contributed by atoms with Crippen LogP contribution in [-0.2, 0) is 0 Å². The average molecular weight is 742 g/mol. The van der Waals surface area contributed by atoms with Crippen molar-refractivity contribution in [1.29, 1.82) is 0 Å². The van der Waals surface area contributed by atoms with Crippen LogP contribution in [0.3, 0.4) is 0 Å². The Labute approximate surface area is 332 Å². The Hall–Kier alpha value is -7.89. The molecule has 0 spiro atoms. The molecule has 0 saturated heterocycles. The summed E-state index contributed by atoms with van der Waals surface area (Å²) in [5, 5.41) is 8.60. The molecule has 0 aliphatic carbocycles. The molecule has 0 fully saturated rings. The highest BCUT2D eigenvalue weighted by Gasteiger charge is 2.24. The van der Waals surface area contributed by atoms with Gasteiger partial charge in [0.15, 0.2) is 17.5 Å². The Morgan fingerprint density at radius 1 is 0.293 bits per heavy atom. The maximum absolute atomic E-state index is 6.58. The Morgan fingerprint density at radius 3 is 1.71 bits per heavy atom. The quantitative estimate of drug-likeness (QED) is 0.176. The highest BCUT2D eigenvalue weighted by atomic mass is 16.3. The summed E-state index contributed by atoms with van der Waals surface area (Å²) in [6.45, 7) is 0. The summed E-state index contributed by atoms with van der Waals surface area (Å²) in [6, 6.07) is 65.1. The zero-order chi connectivity index (χ0) is 38.2. The molecule has 270 valence electrons. The first-order valence-electron chi connectivity index (χ1n) is 19.4. The van der Waals surface area contributed by atoms with Crippen molar-refractivity contribution in [3.63, 3.8) is 0 Å². The van der Waals surface area contributed by atoms with E-state index < -0.39 is 0 Å². The van der Waals surface area contributed by atoms with Crippen LogP contribution in [0.25, 0.3) is 122 Å². The van der Waals surface area contributed by atoms with E-state index in [1.807, 2.05) is 24.3 Å². The molecule has 5 nitrogen and oxygen atoms in total. The van der Waals surface area contributed by atoms with Gasteiger partial charge in [-0.3, -0.25) is 0 Å². The Kier molecular flexibility index (Phi) is 7.16. The lowest BCUT2D eigenvalue weighted by atomic mass is 9.91. The minimum atomic E-state index is 0.558. The molecule has 0 radical (unpaired) electrons. The van der Waals surface area contributed by atoms with Gasteiger partial charge in [0.2, 0.25) is 0 Å². The number of rotatable bonds is 5. The molecule has 0 N–H and O–H groups in total. The van der Waals surface area contributed by atoms with E-state index in [4.69, 9.17) is 23.8 Å². The van der Waals surface area contributed by atoms with Crippen molar-refractivity contribution >= 4 is 65.4 Å². The largest absolute Gasteiger partial charge is 0.456 e. The third-order valence-corrected chi connectivity index (χ3v) is 11.3. The van der Waals surface area contributed by atoms with Gasteiger partial charge >= 0.3 is 0 Å². The molecule has 0 saturated carbocycles. The molecule has 0 unspecified atom stereocenters. The summed E-state index contributed by atoms with van der Waals surface area (Å²) in [6.07, 6.45) is 0. The van der Waals surface area contributed by atoms with E-state index in [2.05, 4.69) is 164 Å². The van der Waals surface area contributed by atoms with Crippen LogP contribution in [0.1, 0.15) is 0 Å². The smallest absolute Gasteiger partial charge is 0.165 e. The van der Waals surface area contributed by atoms with E-state index in [1.54, 1.807) is 0 Å². The first-order valence-corrected chi connectivity index (χ1v) is 19.4. The zero-order valence-corrected chi connectivity index (χ0v) is 31.1. The van der Waals surface area contributed by atoms with Crippen molar-refractivity contribution in [3.05, 3.63) is 188 Å². The first-order chi connectivity index (χ1) is 28.7. The molecule has 12 aromatic rings. The molecule has 0 aliphatic rings. The summed E-state index contributed by atoms with van der Waals surface area (Å²) in [4.78, 5) is 15.9. The lowest BCUT2D eigenvalue weighted by Crippen LogP contribution is -2.02. The van der Waals surface area contributed by atoms with Gasteiger partial charge in [-0.25, -0.2) is 15.0 Å². The molecule has 5 heteroatoms. The van der Waals surface area contributed by atoms with Gasteiger partial charge in [-0.05, 0) is 86.3 Å². The van der Waals surface area contributed by atoms with E-state index >= 15 is 0 Å². The highest BCUT2D eigenvalue weighted by Crippen LogP contribution is 2.46. The van der Waals surface area contributed by atoms with Gasteiger partial charge in [0.05, 0.1) is 0 Å². The maximum atomic E-state index is 6.58. The third-order valence-electron chi connectivity index (χ3n) is 11.3. The van der Waals surface area contributed by atoms with Gasteiger partial charge in [-0.1, -0.05) is 146 Å². The average Bonchev–Trinajstić information content (AvgIpc) is 3.86. The predicted octanol–water partition coefficient (Wildman–Crippen LogP) is 14.3. The van der Waals surface area contributed by atoms with Gasteiger partial charge in [-0.15, -0.1) is 0 Å². The Morgan fingerprint density at radius 2 is 0.879 bits per heavy atom. The molecule has 3 heterocycles. The highest BCUT2D eigenvalue weighted by molar-refractivity contribution is 6.20. The number of furan rings is 2. The van der Waals surface area contributed by atoms with Crippen molar-refractivity contribution in [2.24, 2.45) is 0 Å². The lowest BCUT2D eigenvalue weighted by molar-refractivity contribution is 0.669. The minimum Gasteiger partial charge on any atom is -0.456 e. The van der Waals surface area contributed by atoms with Crippen molar-refractivity contribution in [3.8, 4) is 56.4 Å². The van der Waals surface area contributed by atoms with Gasteiger partial charge in [0.25, 0.3) is 0 Å². The number of para-hydroxylation sites is 1. The zero-order valence-electron chi connectivity index (χ0n) is 31.1. The van der Waals surface area contributed by atoms with Crippen molar-refractivity contribution in [2.45, 2.75) is 0 Å². The first kappa shape index (κ1) is 32.4. The van der Waals surface area contributed by atoms with Gasteiger partial charge in [0.1, 0.15) is 22.3 Å². The second-order valence-corrected chi connectivity index (χ2v) is 14.7. The fourth-order valence-electron chi connectivity index (χ4n) is 8.53. The number of nitrogens with zero attached hydrogens (tertiary/aromatic N) is 3. The van der Waals surface area contributed by atoms with Crippen molar-refractivity contribution in [1.82, 2.24) is 15.0 Å².